The monoisotopic (exact) mass is 439 g/mol. The van der Waals surface area contributed by atoms with E-state index in [0.29, 0.717) is 38.3 Å². The summed E-state index contributed by atoms with van der Waals surface area (Å²) in [5, 5.41) is 2.98. The molecule has 0 atom stereocenters. The number of nitrogens with zero attached hydrogens (tertiary/aromatic N) is 2. The van der Waals surface area contributed by atoms with Crippen LogP contribution in [0.15, 0.2) is 42.6 Å². The van der Waals surface area contributed by atoms with Crippen molar-refractivity contribution in [1.82, 2.24) is 10.3 Å². The van der Waals surface area contributed by atoms with Crippen LogP contribution in [0.2, 0.25) is 5.02 Å². The Bertz CT molecular complexity index is 837. The van der Waals surface area contributed by atoms with Crippen LogP contribution in [0.25, 0.3) is 0 Å². The highest BCUT2D eigenvalue weighted by Crippen LogP contribution is 2.34. The van der Waals surface area contributed by atoms with E-state index in [1.54, 1.807) is 0 Å². The van der Waals surface area contributed by atoms with Crippen molar-refractivity contribution >= 4 is 23.3 Å². The van der Waals surface area contributed by atoms with Crippen molar-refractivity contribution in [3.63, 3.8) is 0 Å². The van der Waals surface area contributed by atoms with Crippen LogP contribution in [0, 0.1) is 5.92 Å². The standard InChI is InChI=1S/C22H25ClF3N3O/c23-19-14-18(22(24,25)26)15-28-20(19)29-12-9-17(10-13-29)21(30)27-11-5-4-8-16-6-2-1-3-7-16/h1-3,6-7,14-15,17H,4-5,8-13H2,(H,27,30). The van der Waals surface area contributed by atoms with E-state index in [1.807, 2.05) is 23.1 Å². The van der Waals surface area contributed by atoms with Gasteiger partial charge in [-0.2, -0.15) is 13.2 Å². The minimum atomic E-state index is -4.47. The summed E-state index contributed by atoms with van der Waals surface area (Å²) in [6, 6.07) is 11.1. The predicted molar refractivity (Wildman–Crippen MR) is 112 cm³/mol. The Labute approximate surface area is 179 Å². The van der Waals surface area contributed by atoms with E-state index in [-0.39, 0.29) is 16.8 Å². The van der Waals surface area contributed by atoms with Gasteiger partial charge < -0.3 is 10.2 Å². The van der Waals surface area contributed by atoms with Gasteiger partial charge in [0.1, 0.15) is 5.82 Å². The second kappa shape index (κ2) is 10.2. The fourth-order valence-corrected chi connectivity index (χ4v) is 3.91. The number of piperidine rings is 1. The van der Waals surface area contributed by atoms with Crippen molar-refractivity contribution in [3.8, 4) is 0 Å². The highest BCUT2D eigenvalue weighted by molar-refractivity contribution is 6.33. The van der Waals surface area contributed by atoms with Crippen LogP contribution >= 0.6 is 11.6 Å². The van der Waals surface area contributed by atoms with E-state index in [1.165, 1.54) is 5.56 Å². The molecular weight excluding hydrogens is 415 g/mol. The van der Waals surface area contributed by atoms with Gasteiger partial charge in [0, 0.05) is 31.7 Å². The van der Waals surface area contributed by atoms with E-state index in [9.17, 15) is 18.0 Å². The number of halogens is 4. The normalized spacial score (nSPS) is 15.3. The lowest BCUT2D eigenvalue weighted by Gasteiger charge is -2.32. The van der Waals surface area contributed by atoms with Crippen molar-refractivity contribution in [2.24, 2.45) is 5.92 Å². The van der Waals surface area contributed by atoms with Crippen molar-refractivity contribution in [2.75, 3.05) is 24.5 Å². The first-order valence-corrected chi connectivity index (χ1v) is 10.5. The Balaban J connectivity index is 1.40. The molecule has 0 bridgehead atoms. The minimum Gasteiger partial charge on any atom is -0.356 e. The molecule has 0 unspecified atom stereocenters. The van der Waals surface area contributed by atoms with Gasteiger partial charge in [0.25, 0.3) is 0 Å². The quantitative estimate of drug-likeness (QED) is 0.610. The Morgan fingerprint density at radius 1 is 1.17 bits per heavy atom. The molecule has 1 N–H and O–H groups in total. The first-order chi connectivity index (χ1) is 14.3. The SMILES string of the molecule is O=C(NCCCCc1ccccc1)C1CCN(c2ncc(C(F)(F)F)cc2Cl)CC1. The molecule has 1 aromatic carbocycles. The fraction of sp³-hybridized carbons (Fsp3) is 0.455. The van der Waals surface area contributed by atoms with E-state index < -0.39 is 11.7 Å². The first kappa shape index (κ1) is 22.4. The number of unbranched alkanes of at least 4 members (excludes halogenated alkanes) is 1. The highest BCUT2D eigenvalue weighted by Gasteiger charge is 2.33. The van der Waals surface area contributed by atoms with Crippen LogP contribution in [0.4, 0.5) is 19.0 Å². The first-order valence-electron chi connectivity index (χ1n) is 10.1. The van der Waals surface area contributed by atoms with E-state index in [0.717, 1.165) is 31.5 Å². The van der Waals surface area contributed by atoms with Crippen LogP contribution in [0.5, 0.6) is 0 Å². The number of anilines is 1. The second-order valence-corrected chi connectivity index (χ2v) is 7.93. The molecule has 0 spiro atoms. The van der Waals surface area contributed by atoms with Gasteiger partial charge in [0.2, 0.25) is 5.91 Å². The molecule has 2 aromatic rings. The van der Waals surface area contributed by atoms with Crippen molar-refractivity contribution in [1.29, 1.82) is 0 Å². The summed E-state index contributed by atoms with van der Waals surface area (Å²) in [5.41, 5.74) is 0.435. The van der Waals surface area contributed by atoms with E-state index >= 15 is 0 Å². The van der Waals surface area contributed by atoms with Gasteiger partial charge in [-0.1, -0.05) is 41.9 Å². The number of amides is 1. The zero-order valence-electron chi connectivity index (χ0n) is 16.6. The molecular formula is C22H25ClF3N3O. The zero-order valence-corrected chi connectivity index (χ0v) is 17.3. The summed E-state index contributed by atoms with van der Waals surface area (Å²) in [7, 11) is 0. The second-order valence-electron chi connectivity index (χ2n) is 7.52. The van der Waals surface area contributed by atoms with E-state index in [4.69, 9.17) is 11.6 Å². The van der Waals surface area contributed by atoms with Crippen LogP contribution < -0.4 is 10.2 Å². The lowest BCUT2D eigenvalue weighted by atomic mass is 9.95. The molecule has 3 rings (SSSR count). The minimum absolute atomic E-state index is 0.0221. The average Bonchev–Trinajstić information content (AvgIpc) is 2.73. The molecule has 0 aliphatic carbocycles. The summed E-state index contributed by atoms with van der Waals surface area (Å²) < 4.78 is 38.3. The Morgan fingerprint density at radius 3 is 2.50 bits per heavy atom. The molecule has 30 heavy (non-hydrogen) atoms. The maximum Gasteiger partial charge on any atom is 0.417 e. The molecule has 2 heterocycles. The number of hydrogen-bond donors (Lipinski definition) is 1. The molecule has 1 fully saturated rings. The summed E-state index contributed by atoms with van der Waals surface area (Å²) in [4.78, 5) is 18.1. The van der Waals surface area contributed by atoms with Crippen molar-refractivity contribution in [3.05, 3.63) is 58.7 Å². The van der Waals surface area contributed by atoms with Crippen LogP contribution in [0.1, 0.15) is 36.8 Å². The lowest BCUT2D eigenvalue weighted by molar-refractivity contribution is -0.137. The smallest absolute Gasteiger partial charge is 0.356 e. The third-order valence-corrected chi connectivity index (χ3v) is 5.63. The number of aromatic nitrogens is 1. The Morgan fingerprint density at radius 2 is 1.87 bits per heavy atom. The number of rotatable bonds is 7. The van der Waals surface area contributed by atoms with Gasteiger partial charge in [0.15, 0.2) is 0 Å². The summed E-state index contributed by atoms with van der Waals surface area (Å²) in [6.45, 7) is 1.71. The molecule has 0 saturated carbocycles. The van der Waals surface area contributed by atoms with Gasteiger partial charge in [-0.05, 0) is 43.7 Å². The maximum absolute atomic E-state index is 12.8. The van der Waals surface area contributed by atoms with Crippen LogP contribution in [-0.2, 0) is 17.4 Å². The largest absolute Gasteiger partial charge is 0.417 e. The van der Waals surface area contributed by atoms with Gasteiger partial charge in [-0.15, -0.1) is 0 Å². The highest BCUT2D eigenvalue weighted by atomic mass is 35.5. The molecule has 1 aromatic heterocycles. The van der Waals surface area contributed by atoms with Crippen LogP contribution in [0.3, 0.4) is 0 Å². The topological polar surface area (TPSA) is 45.2 Å². The Hall–Kier alpha value is -2.28. The number of carbonyl (C=O) groups is 1. The molecule has 162 valence electrons. The predicted octanol–water partition coefficient (Wildman–Crippen LogP) is 5.11. The zero-order chi connectivity index (χ0) is 21.6. The Kier molecular flexibility index (Phi) is 7.58. The molecule has 0 radical (unpaired) electrons. The molecule has 1 amide bonds. The summed E-state index contributed by atoms with van der Waals surface area (Å²) in [6.07, 6.45) is 0.502. The maximum atomic E-state index is 12.8. The third-order valence-electron chi connectivity index (χ3n) is 5.35. The molecule has 8 heteroatoms. The van der Waals surface area contributed by atoms with Gasteiger partial charge >= 0.3 is 6.18 Å². The molecule has 1 saturated heterocycles. The number of nitrogens with one attached hydrogen (secondary N) is 1. The van der Waals surface area contributed by atoms with Gasteiger partial charge in [0.05, 0.1) is 10.6 Å². The number of aryl methyl sites for hydroxylation is 1. The van der Waals surface area contributed by atoms with Crippen molar-refractivity contribution in [2.45, 2.75) is 38.3 Å². The molecule has 4 nitrogen and oxygen atoms in total. The van der Waals surface area contributed by atoms with Gasteiger partial charge in [-0.3, -0.25) is 4.79 Å². The lowest BCUT2D eigenvalue weighted by Crippen LogP contribution is -2.41. The van der Waals surface area contributed by atoms with E-state index in [2.05, 4.69) is 22.4 Å². The fourth-order valence-electron chi connectivity index (χ4n) is 3.63. The number of benzene rings is 1. The summed E-state index contributed by atoms with van der Waals surface area (Å²) in [5.74, 6) is 0.286. The van der Waals surface area contributed by atoms with Gasteiger partial charge in [-0.25, -0.2) is 4.98 Å². The molecule has 1 aliphatic rings. The van der Waals surface area contributed by atoms with Crippen molar-refractivity contribution < 1.29 is 18.0 Å². The number of hydrogen-bond acceptors (Lipinski definition) is 3. The molecule has 1 aliphatic heterocycles. The number of carbonyl (C=O) groups excluding carboxylic acids is 1. The summed E-state index contributed by atoms with van der Waals surface area (Å²) >= 11 is 6.03. The average molecular weight is 440 g/mol. The number of pyridine rings is 1. The van der Waals surface area contributed by atoms with Crippen LogP contribution in [-0.4, -0.2) is 30.5 Å². The number of alkyl halides is 3. The third kappa shape index (κ3) is 6.11.